The lowest BCUT2D eigenvalue weighted by molar-refractivity contribution is 0.448. The SMILES string of the molecule is CC(C)(C)CS(=O)(=O)NC1CCCC1C#N. The van der Waals surface area contributed by atoms with Crippen molar-refractivity contribution in [2.75, 3.05) is 5.75 Å². The van der Waals surface area contributed by atoms with Crippen LogP contribution in [0.25, 0.3) is 0 Å². The van der Waals surface area contributed by atoms with Gasteiger partial charge in [0.2, 0.25) is 10.0 Å². The summed E-state index contributed by atoms with van der Waals surface area (Å²) in [5.74, 6) is -0.0518. The Bertz CT molecular complexity index is 376. The third kappa shape index (κ3) is 4.11. The molecule has 2 unspecified atom stereocenters. The fraction of sp³-hybridized carbons (Fsp3) is 0.909. The number of nitriles is 1. The summed E-state index contributed by atoms with van der Waals surface area (Å²) in [4.78, 5) is 0. The van der Waals surface area contributed by atoms with Gasteiger partial charge in [0, 0.05) is 6.04 Å². The molecule has 1 aliphatic carbocycles. The monoisotopic (exact) mass is 244 g/mol. The van der Waals surface area contributed by atoms with E-state index >= 15 is 0 Å². The van der Waals surface area contributed by atoms with Crippen LogP contribution in [0.2, 0.25) is 0 Å². The van der Waals surface area contributed by atoms with Gasteiger partial charge in [0.15, 0.2) is 0 Å². The topological polar surface area (TPSA) is 70.0 Å². The lowest BCUT2D eigenvalue weighted by Gasteiger charge is -2.21. The summed E-state index contributed by atoms with van der Waals surface area (Å²) in [6, 6.07) is 1.99. The third-order valence-electron chi connectivity index (χ3n) is 2.64. The zero-order valence-electron chi connectivity index (χ0n) is 10.2. The van der Waals surface area contributed by atoms with Gasteiger partial charge in [0.05, 0.1) is 17.7 Å². The first-order chi connectivity index (χ1) is 7.23. The van der Waals surface area contributed by atoms with E-state index in [1.165, 1.54) is 0 Å². The summed E-state index contributed by atoms with van der Waals surface area (Å²) < 4.78 is 26.3. The van der Waals surface area contributed by atoms with E-state index in [1.54, 1.807) is 0 Å². The van der Waals surface area contributed by atoms with Gasteiger partial charge in [0.1, 0.15) is 0 Å². The average molecular weight is 244 g/mol. The summed E-state index contributed by atoms with van der Waals surface area (Å²) in [6.45, 7) is 5.67. The average Bonchev–Trinajstić information content (AvgIpc) is 2.45. The molecule has 0 aromatic rings. The zero-order chi connectivity index (χ0) is 12.4. The number of sulfonamides is 1. The molecule has 0 radical (unpaired) electrons. The second kappa shape index (κ2) is 4.72. The number of hydrogen-bond acceptors (Lipinski definition) is 3. The van der Waals surface area contributed by atoms with Gasteiger partial charge in [-0.15, -0.1) is 0 Å². The normalized spacial score (nSPS) is 26.6. The Labute approximate surface area is 98.1 Å². The fourth-order valence-electron chi connectivity index (χ4n) is 2.10. The van der Waals surface area contributed by atoms with E-state index in [0.29, 0.717) is 0 Å². The van der Waals surface area contributed by atoms with E-state index in [4.69, 9.17) is 5.26 Å². The summed E-state index contributed by atoms with van der Waals surface area (Å²) in [7, 11) is -3.27. The molecule has 1 aliphatic rings. The molecule has 1 N–H and O–H groups in total. The molecule has 2 atom stereocenters. The van der Waals surface area contributed by atoms with E-state index in [9.17, 15) is 8.42 Å². The Hall–Kier alpha value is -0.600. The molecule has 1 rings (SSSR count). The van der Waals surface area contributed by atoms with Crippen molar-refractivity contribution in [3.8, 4) is 6.07 Å². The Kier molecular flexibility index (Phi) is 3.97. The van der Waals surface area contributed by atoms with Crippen LogP contribution >= 0.6 is 0 Å². The third-order valence-corrected chi connectivity index (χ3v) is 4.54. The standard InChI is InChI=1S/C11H20N2O2S/c1-11(2,3)8-16(14,15)13-10-6-4-5-9(10)7-12/h9-10,13H,4-6,8H2,1-3H3. The minimum Gasteiger partial charge on any atom is -0.212 e. The van der Waals surface area contributed by atoms with Crippen molar-refractivity contribution in [1.29, 1.82) is 5.26 Å². The Balaban J connectivity index is 2.63. The lowest BCUT2D eigenvalue weighted by Crippen LogP contribution is -2.40. The zero-order valence-corrected chi connectivity index (χ0v) is 11.0. The number of hydrogen-bond donors (Lipinski definition) is 1. The molecule has 0 aromatic carbocycles. The van der Waals surface area contributed by atoms with Crippen LogP contribution < -0.4 is 4.72 Å². The van der Waals surface area contributed by atoms with Gasteiger partial charge in [-0.2, -0.15) is 5.26 Å². The molecule has 0 amide bonds. The molecular weight excluding hydrogens is 224 g/mol. The largest absolute Gasteiger partial charge is 0.212 e. The highest BCUT2D eigenvalue weighted by atomic mass is 32.2. The summed E-state index contributed by atoms with van der Waals surface area (Å²) in [5, 5.41) is 8.88. The van der Waals surface area contributed by atoms with Crippen molar-refractivity contribution >= 4 is 10.0 Å². The van der Waals surface area contributed by atoms with Crippen LogP contribution in [0.5, 0.6) is 0 Å². The molecule has 0 spiro atoms. The maximum absolute atomic E-state index is 11.8. The summed E-state index contributed by atoms with van der Waals surface area (Å²) in [6.07, 6.45) is 2.52. The highest BCUT2D eigenvalue weighted by Gasteiger charge is 2.32. The van der Waals surface area contributed by atoms with Gasteiger partial charge in [-0.05, 0) is 18.3 Å². The van der Waals surface area contributed by atoms with Crippen LogP contribution in [0.3, 0.4) is 0 Å². The first kappa shape index (κ1) is 13.5. The van der Waals surface area contributed by atoms with E-state index in [-0.39, 0.29) is 23.1 Å². The van der Waals surface area contributed by atoms with Crippen molar-refractivity contribution in [2.45, 2.75) is 46.1 Å². The van der Waals surface area contributed by atoms with Gasteiger partial charge >= 0.3 is 0 Å². The van der Waals surface area contributed by atoms with Gasteiger partial charge in [-0.3, -0.25) is 0 Å². The molecule has 5 heteroatoms. The Morgan fingerprint density at radius 2 is 2.00 bits per heavy atom. The number of nitrogens with zero attached hydrogens (tertiary/aromatic N) is 1. The minimum absolute atomic E-state index is 0.106. The van der Waals surface area contributed by atoms with Crippen molar-refractivity contribution in [2.24, 2.45) is 11.3 Å². The Morgan fingerprint density at radius 3 is 2.50 bits per heavy atom. The van der Waals surface area contributed by atoms with E-state index in [2.05, 4.69) is 10.8 Å². The van der Waals surface area contributed by atoms with E-state index in [0.717, 1.165) is 19.3 Å². The molecule has 0 bridgehead atoms. The van der Waals surface area contributed by atoms with Gasteiger partial charge in [0.25, 0.3) is 0 Å². The minimum atomic E-state index is -3.27. The van der Waals surface area contributed by atoms with Crippen LogP contribution in [0.15, 0.2) is 0 Å². The maximum atomic E-state index is 11.8. The molecule has 0 aromatic heterocycles. The molecule has 4 nitrogen and oxygen atoms in total. The van der Waals surface area contributed by atoms with Crippen LogP contribution in [-0.4, -0.2) is 20.2 Å². The molecule has 1 saturated carbocycles. The van der Waals surface area contributed by atoms with Gasteiger partial charge < -0.3 is 0 Å². The molecular formula is C11H20N2O2S. The second-order valence-electron chi connectivity index (χ2n) is 5.71. The highest BCUT2D eigenvalue weighted by Crippen LogP contribution is 2.26. The fourth-order valence-corrected chi connectivity index (χ4v) is 4.06. The summed E-state index contributed by atoms with van der Waals surface area (Å²) in [5.41, 5.74) is -0.257. The van der Waals surface area contributed by atoms with Crippen LogP contribution in [0.1, 0.15) is 40.0 Å². The van der Waals surface area contributed by atoms with E-state index in [1.807, 2.05) is 20.8 Å². The molecule has 0 aliphatic heterocycles. The lowest BCUT2D eigenvalue weighted by atomic mass is 10.0. The van der Waals surface area contributed by atoms with Gasteiger partial charge in [-0.1, -0.05) is 27.2 Å². The molecule has 0 heterocycles. The van der Waals surface area contributed by atoms with Crippen molar-refractivity contribution in [1.82, 2.24) is 4.72 Å². The van der Waals surface area contributed by atoms with Gasteiger partial charge in [-0.25, -0.2) is 13.1 Å². The number of nitrogens with one attached hydrogen (secondary N) is 1. The summed E-state index contributed by atoms with van der Waals surface area (Å²) >= 11 is 0. The predicted octanol–water partition coefficient (Wildman–Crippen LogP) is 1.64. The van der Waals surface area contributed by atoms with Crippen LogP contribution in [-0.2, 0) is 10.0 Å². The van der Waals surface area contributed by atoms with Crippen LogP contribution in [0, 0.1) is 22.7 Å². The Morgan fingerprint density at radius 1 is 1.38 bits per heavy atom. The quantitative estimate of drug-likeness (QED) is 0.820. The van der Waals surface area contributed by atoms with Crippen molar-refractivity contribution < 1.29 is 8.42 Å². The number of rotatable bonds is 3. The second-order valence-corrected chi connectivity index (χ2v) is 7.46. The smallest absolute Gasteiger partial charge is 0.212 e. The first-order valence-corrected chi connectivity index (χ1v) is 7.28. The van der Waals surface area contributed by atoms with Crippen LogP contribution in [0.4, 0.5) is 0 Å². The maximum Gasteiger partial charge on any atom is 0.212 e. The van der Waals surface area contributed by atoms with Crippen molar-refractivity contribution in [3.05, 3.63) is 0 Å². The van der Waals surface area contributed by atoms with E-state index < -0.39 is 10.0 Å². The molecule has 1 fully saturated rings. The molecule has 16 heavy (non-hydrogen) atoms. The molecule has 92 valence electrons. The highest BCUT2D eigenvalue weighted by molar-refractivity contribution is 7.89. The first-order valence-electron chi connectivity index (χ1n) is 5.63. The van der Waals surface area contributed by atoms with Crippen molar-refractivity contribution in [3.63, 3.8) is 0 Å². The molecule has 0 saturated heterocycles. The predicted molar refractivity (Wildman–Crippen MR) is 63.1 cm³/mol.